The van der Waals surface area contributed by atoms with Gasteiger partial charge in [0.05, 0.1) is 0 Å². The average Bonchev–Trinajstić information content (AvgIpc) is 1.35. The summed E-state index contributed by atoms with van der Waals surface area (Å²) >= 11 is 0. The van der Waals surface area contributed by atoms with Crippen LogP contribution in [0.5, 0.6) is 0 Å². The third-order valence-corrected chi connectivity index (χ3v) is 0.608. The van der Waals surface area contributed by atoms with Crippen LogP contribution in [-0.2, 0) is 9.22 Å². The monoisotopic (exact) mass is 100.0 g/mol. The number of hydrogen-bond acceptors (Lipinski definition) is 2. The first-order valence-corrected chi connectivity index (χ1v) is 2.39. The van der Waals surface area contributed by atoms with Crippen molar-refractivity contribution in [2.24, 2.45) is 0 Å². The first kappa shape index (κ1) is 5.47. The smallest absolute Gasteiger partial charge is 0.303 e. The highest BCUT2D eigenvalue weighted by Crippen LogP contribution is 1.60. The van der Waals surface area contributed by atoms with E-state index in [1.54, 1.807) is 0 Å². The van der Waals surface area contributed by atoms with Crippen LogP contribution in [0.3, 0.4) is 0 Å². The zero-order chi connectivity index (χ0) is 4.99. The van der Waals surface area contributed by atoms with Gasteiger partial charge in [0.25, 0.3) is 0 Å². The maximum Gasteiger partial charge on any atom is 0.303 e. The van der Waals surface area contributed by atoms with E-state index in [0.717, 1.165) is 0 Å². The standard InChI is InChI=1S/C3H4O2Si/c1-3(4)5-6-2/h2H,1H3. The van der Waals surface area contributed by atoms with Crippen molar-refractivity contribution in [3.8, 4) is 6.00 Å². The lowest BCUT2D eigenvalue weighted by atomic mass is 10.9. The lowest BCUT2D eigenvalue weighted by molar-refractivity contribution is -0.131. The quantitative estimate of drug-likeness (QED) is 0.393. The van der Waals surface area contributed by atoms with E-state index in [1.807, 2.05) is 0 Å². The molecule has 0 aliphatic carbocycles. The summed E-state index contributed by atoms with van der Waals surface area (Å²) in [6.07, 6.45) is 0. The lowest BCUT2D eigenvalue weighted by Crippen LogP contribution is -1.93. The number of carbonyl (C=O) groups excluding carboxylic acids is 1. The molecule has 0 N–H and O–H groups in total. The Hall–Kier alpha value is -0.533. The van der Waals surface area contributed by atoms with E-state index in [2.05, 4.69) is 4.43 Å². The number of rotatable bonds is 0. The van der Waals surface area contributed by atoms with E-state index in [-0.39, 0.29) is 15.2 Å². The van der Waals surface area contributed by atoms with Gasteiger partial charge in [-0.3, -0.25) is 4.79 Å². The van der Waals surface area contributed by atoms with Crippen molar-refractivity contribution in [1.82, 2.24) is 0 Å². The first-order valence-electron chi connectivity index (χ1n) is 1.40. The Balaban J connectivity index is 3.13. The molecule has 0 aromatic rings. The van der Waals surface area contributed by atoms with Crippen LogP contribution in [0.4, 0.5) is 0 Å². The Morgan fingerprint density at radius 1 is 2.00 bits per heavy atom. The van der Waals surface area contributed by atoms with Gasteiger partial charge < -0.3 is 4.43 Å². The molecule has 2 nitrogen and oxygen atoms in total. The topological polar surface area (TPSA) is 26.3 Å². The van der Waals surface area contributed by atoms with Gasteiger partial charge in [-0.25, -0.2) is 0 Å². The molecule has 0 atom stereocenters. The molecule has 6 heavy (non-hydrogen) atoms. The zero-order valence-corrected chi connectivity index (χ0v) is 4.39. The molecule has 0 aromatic heterocycles. The van der Waals surface area contributed by atoms with Crippen molar-refractivity contribution in [1.29, 1.82) is 0 Å². The van der Waals surface area contributed by atoms with Crippen molar-refractivity contribution in [3.05, 3.63) is 0 Å². The van der Waals surface area contributed by atoms with Gasteiger partial charge in [-0.15, -0.1) is 6.00 Å². The summed E-state index contributed by atoms with van der Waals surface area (Å²) in [6, 6.07) is 4.81. The molecule has 0 heterocycles. The minimum atomic E-state index is -0.323. The van der Waals surface area contributed by atoms with Crippen molar-refractivity contribution in [2.75, 3.05) is 0 Å². The average molecular weight is 100 g/mol. The van der Waals surface area contributed by atoms with E-state index in [0.29, 0.717) is 0 Å². The Morgan fingerprint density at radius 3 is 2.50 bits per heavy atom. The van der Waals surface area contributed by atoms with Crippen LogP contribution in [0.15, 0.2) is 0 Å². The molecule has 3 heteroatoms. The van der Waals surface area contributed by atoms with Crippen LogP contribution < -0.4 is 0 Å². The fourth-order valence-electron chi connectivity index (χ4n) is 0.0830. The highest BCUT2D eigenvalue weighted by molar-refractivity contribution is 6.16. The molecule has 0 amide bonds. The second-order valence-electron chi connectivity index (χ2n) is 0.711. The van der Waals surface area contributed by atoms with Crippen molar-refractivity contribution in [2.45, 2.75) is 6.92 Å². The van der Waals surface area contributed by atoms with Gasteiger partial charge in [0.2, 0.25) is 9.20 Å². The normalized spacial score (nSPS) is 6.00. The minimum Gasteiger partial charge on any atom is -0.438 e. The molecule has 0 aliphatic heterocycles. The molecule has 32 valence electrons. The van der Waals surface area contributed by atoms with Gasteiger partial charge in [-0.1, -0.05) is 0 Å². The molecule has 0 saturated carbocycles. The van der Waals surface area contributed by atoms with Gasteiger partial charge >= 0.3 is 5.97 Å². The summed E-state index contributed by atoms with van der Waals surface area (Å²) in [6.45, 7) is 1.32. The molecule has 0 aromatic carbocycles. The Bertz CT molecular complexity index is 91.5. The van der Waals surface area contributed by atoms with E-state index in [1.165, 1.54) is 6.92 Å². The highest BCUT2D eigenvalue weighted by Gasteiger charge is 1.79. The van der Waals surface area contributed by atoms with Crippen molar-refractivity contribution in [3.63, 3.8) is 0 Å². The molecular formula is C3H4O2Si. The zero-order valence-electron chi connectivity index (χ0n) is 3.39. The van der Waals surface area contributed by atoms with Crippen LogP contribution in [0, 0.1) is 6.00 Å². The summed E-state index contributed by atoms with van der Waals surface area (Å²) in [5.41, 5.74) is 0. The van der Waals surface area contributed by atoms with Crippen LogP contribution in [0.25, 0.3) is 0 Å². The van der Waals surface area contributed by atoms with Gasteiger partial charge in [0.1, 0.15) is 0 Å². The Kier molecular flexibility index (Phi) is 2.45. The molecule has 0 unspecified atom stereocenters. The van der Waals surface area contributed by atoms with Gasteiger partial charge in [0, 0.05) is 6.92 Å². The molecular weight excluding hydrogens is 96.1 g/mol. The summed E-state index contributed by atoms with van der Waals surface area (Å²) in [7, 11) is -0.211. The third-order valence-electron chi connectivity index (χ3n) is 0.203. The predicted octanol–water partition coefficient (Wildman–Crippen LogP) is -0.242. The van der Waals surface area contributed by atoms with E-state index >= 15 is 0 Å². The SMILES string of the molecule is C#[Si]OC(C)=O. The van der Waals surface area contributed by atoms with Crippen molar-refractivity contribution >= 4 is 15.2 Å². The van der Waals surface area contributed by atoms with E-state index < -0.39 is 0 Å². The summed E-state index contributed by atoms with van der Waals surface area (Å²) in [5, 5.41) is 0. The molecule has 0 radical (unpaired) electrons. The van der Waals surface area contributed by atoms with Gasteiger partial charge in [0.15, 0.2) is 0 Å². The van der Waals surface area contributed by atoms with Gasteiger partial charge in [-0.05, 0) is 0 Å². The Labute approximate surface area is 38.3 Å². The largest absolute Gasteiger partial charge is 0.438 e. The first-order chi connectivity index (χ1) is 2.77. The highest BCUT2D eigenvalue weighted by atomic mass is 28.2. The molecule has 0 aliphatic rings. The fraction of sp³-hybridized carbons (Fsp3) is 0.333. The number of hydrogen-bond donors (Lipinski definition) is 0. The molecule has 0 spiro atoms. The van der Waals surface area contributed by atoms with E-state index in [9.17, 15) is 4.79 Å². The van der Waals surface area contributed by atoms with Crippen LogP contribution in [0.1, 0.15) is 6.92 Å². The third kappa shape index (κ3) is 3.47. The molecule has 0 fully saturated rings. The minimum absolute atomic E-state index is 0.211. The van der Waals surface area contributed by atoms with Crippen LogP contribution in [0.2, 0.25) is 0 Å². The second-order valence-corrected chi connectivity index (χ2v) is 1.15. The van der Waals surface area contributed by atoms with Gasteiger partial charge in [-0.2, -0.15) is 0 Å². The summed E-state index contributed by atoms with van der Waals surface area (Å²) in [4.78, 5) is 9.75. The van der Waals surface area contributed by atoms with Crippen molar-refractivity contribution < 1.29 is 9.22 Å². The van der Waals surface area contributed by atoms with Crippen LogP contribution in [-0.4, -0.2) is 15.2 Å². The predicted molar refractivity (Wildman–Crippen MR) is 22.5 cm³/mol. The lowest BCUT2D eigenvalue weighted by Gasteiger charge is -1.79. The van der Waals surface area contributed by atoms with E-state index in [4.69, 9.17) is 6.00 Å². The number of carbonyl (C=O) groups is 1. The molecule has 0 bridgehead atoms. The Morgan fingerprint density at radius 2 is 2.50 bits per heavy atom. The summed E-state index contributed by atoms with van der Waals surface area (Å²) in [5.74, 6) is -0.323. The second kappa shape index (κ2) is 2.69. The fourth-order valence-corrected chi connectivity index (χ4v) is 0.249. The molecule has 0 saturated heterocycles. The summed E-state index contributed by atoms with van der Waals surface area (Å²) < 4.78 is 4.21. The van der Waals surface area contributed by atoms with Crippen LogP contribution >= 0.6 is 0 Å². The maximum absolute atomic E-state index is 9.75. The molecule has 0 rings (SSSR count). The maximum atomic E-state index is 9.75.